The first-order valence-electron chi connectivity index (χ1n) is 5.58. The maximum absolute atomic E-state index is 10.8. The second-order valence-electron chi connectivity index (χ2n) is 3.36. The molecule has 1 aromatic carbocycles. The molecule has 0 N–H and O–H groups in total. The molecule has 0 saturated carbocycles. The first-order chi connectivity index (χ1) is 9.65. The van der Waals surface area contributed by atoms with Crippen molar-refractivity contribution in [2.75, 3.05) is 14.2 Å². The summed E-state index contributed by atoms with van der Waals surface area (Å²) in [6.07, 6.45) is 4.75. The van der Waals surface area contributed by atoms with Crippen LogP contribution >= 0.6 is 0 Å². The molecule has 1 rings (SSSR count). The zero-order valence-electron chi connectivity index (χ0n) is 11.1. The van der Waals surface area contributed by atoms with Crippen molar-refractivity contribution >= 4 is 11.9 Å². The average molecular weight is 278 g/mol. The van der Waals surface area contributed by atoms with Crippen LogP contribution in [-0.2, 0) is 19.1 Å². The molecule has 0 aliphatic carbocycles. The summed E-state index contributed by atoms with van der Waals surface area (Å²) in [6, 6.07) is 6.57. The molecule has 0 aromatic heterocycles. The van der Waals surface area contributed by atoms with Gasteiger partial charge in [-0.05, 0) is 24.3 Å². The molecule has 0 fully saturated rings. The van der Waals surface area contributed by atoms with E-state index in [4.69, 9.17) is 9.47 Å². The Labute approximate surface area is 116 Å². The molecule has 0 aliphatic heterocycles. The Balaban J connectivity index is 2.48. The van der Waals surface area contributed by atoms with E-state index in [0.29, 0.717) is 11.5 Å². The van der Waals surface area contributed by atoms with Gasteiger partial charge in [0.05, 0.1) is 38.9 Å². The normalized spacial score (nSPS) is 10.5. The number of hydrogen-bond acceptors (Lipinski definition) is 6. The van der Waals surface area contributed by atoms with Gasteiger partial charge in [-0.2, -0.15) is 0 Å². The standard InChI is InChI=1S/C14H14O6/c1-17-13(15)7-9-19-11-3-5-12(6-4-11)20-10-8-14(16)18-2/h3-10H,1-2H3/b9-7+,10-8+. The van der Waals surface area contributed by atoms with Crippen LogP contribution in [0, 0.1) is 0 Å². The quantitative estimate of drug-likeness (QED) is 0.449. The van der Waals surface area contributed by atoms with Crippen molar-refractivity contribution in [2.45, 2.75) is 0 Å². The molecule has 106 valence electrons. The van der Waals surface area contributed by atoms with Crippen molar-refractivity contribution in [2.24, 2.45) is 0 Å². The van der Waals surface area contributed by atoms with Crippen molar-refractivity contribution in [1.82, 2.24) is 0 Å². The fraction of sp³-hybridized carbons (Fsp3) is 0.143. The van der Waals surface area contributed by atoms with Crippen molar-refractivity contribution < 1.29 is 28.5 Å². The predicted molar refractivity (Wildman–Crippen MR) is 70.0 cm³/mol. The third kappa shape index (κ3) is 5.72. The molecule has 0 heterocycles. The molecule has 0 unspecified atom stereocenters. The number of rotatable bonds is 6. The largest absolute Gasteiger partial charge is 0.466 e. The highest BCUT2D eigenvalue weighted by atomic mass is 16.5. The van der Waals surface area contributed by atoms with E-state index in [0.717, 1.165) is 12.2 Å². The Bertz CT molecular complexity index is 454. The Hall–Kier alpha value is -2.76. The summed E-state index contributed by atoms with van der Waals surface area (Å²) in [4.78, 5) is 21.6. The first kappa shape index (κ1) is 15.3. The molecular formula is C14H14O6. The lowest BCUT2D eigenvalue weighted by atomic mass is 10.3. The Morgan fingerprint density at radius 2 is 1.15 bits per heavy atom. The lowest BCUT2D eigenvalue weighted by Crippen LogP contribution is -1.95. The van der Waals surface area contributed by atoms with Crippen LogP contribution in [-0.4, -0.2) is 26.2 Å². The molecule has 0 bridgehead atoms. The van der Waals surface area contributed by atoms with Gasteiger partial charge in [-0.25, -0.2) is 9.59 Å². The third-order valence-corrected chi connectivity index (χ3v) is 2.04. The third-order valence-electron chi connectivity index (χ3n) is 2.04. The molecule has 6 heteroatoms. The summed E-state index contributed by atoms with van der Waals surface area (Å²) < 4.78 is 19.1. The molecule has 0 amide bonds. The van der Waals surface area contributed by atoms with E-state index in [2.05, 4.69) is 9.47 Å². The van der Waals surface area contributed by atoms with Gasteiger partial charge in [0.25, 0.3) is 0 Å². The van der Waals surface area contributed by atoms with Crippen molar-refractivity contribution in [1.29, 1.82) is 0 Å². The molecular weight excluding hydrogens is 264 g/mol. The number of esters is 2. The van der Waals surface area contributed by atoms with Gasteiger partial charge in [-0.15, -0.1) is 0 Å². The summed E-state index contributed by atoms with van der Waals surface area (Å²) in [5.74, 6) is 0.0414. The van der Waals surface area contributed by atoms with Crippen LogP contribution < -0.4 is 9.47 Å². The smallest absolute Gasteiger partial charge is 0.333 e. The number of ether oxygens (including phenoxy) is 4. The van der Waals surface area contributed by atoms with Gasteiger partial charge in [0.1, 0.15) is 11.5 Å². The zero-order valence-corrected chi connectivity index (χ0v) is 11.1. The summed E-state index contributed by atoms with van der Waals surface area (Å²) in [7, 11) is 2.56. The van der Waals surface area contributed by atoms with Crippen molar-refractivity contribution in [3.8, 4) is 11.5 Å². The maximum atomic E-state index is 10.8. The minimum Gasteiger partial charge on any atom is -0.466 e. The summed E-state index contributed by atoms with van der Waals surface area (Å²) in [6.45, 7) is 0. The molecule has 0 atom stereocenters. The molecule has 1 aromatic rings. The van der Waals surface area contributed by atoms with E-state index in [1.54, 1.807) is 24.3 Å². The van der Waals surface area contributed by atoms with Gasteiger partial charge in [0, 0.05) is 0 Å². The number of carbonyl (C=O) groups is 2. The van der Waals surface area contributed by atoms with Crippen molar-refractivity contribution in [3.63, 3.8) is 0 Å². The van der Waals surface area contributed by atoms with Gasteiger partial charge in [0.2, 0.25) is 0 Å². The highest BCUT2D eigenvalue weighted by Crippen LogP contribution is 2.17. The average Bonchev–Trinajstić information content (AvgIpc) is 2.48. The van der Waals surface area contributed by atoms with Crippen LogP contribution in [0.2, 0.25) is 0 Å². The van der Waals surface area contributed by atoms with Gasteiger partial charge >= 0.3 is 11.9 Å². The van der Waals surface area contributed by atoms with Crippen LogP contribution in [0.4, 0.5) is 0 Å². The lowest BCUT2D eigenvalue weighted by molar-refractivity contribution is -0.135. The number of hydrogen-bond donors (Lipinski definition) is 0. The van der Waals surface area contributed by atoms with Gasteiger partial charge in [-0.3, -0.25) is 0 Å². The number of carbonyl (C=O) groups excluding carboxylic acids is 2. The highest BCUT2D eigenvalue weighted by Gasteiger charge is 1.96. The van der Waals surface area contributed by atoms with E-state index in [1.807, 2.05) is 0 Å². The van der Waals surface area contributed by atoms with Crippen LogP contribution in [0.15, 0.2) is 48.9 Å². The number of benzene rings is 1. The van der Waals surface area contributed by atoms with Crippen LogP contribution in [0.1, 0.15) is 0 Å². The Kier molecular flexibility index (Phi) is 6.40. The molecule has 20 heavy (non-hydrogen) atoms. The van der Waals surface area contributed by atoms with Crippen LogP contribution in [0.5, 0.6) is 11.5 Å². The van der Waals surface area contributed by atoms with E-state index in [-0.39, 0.29) is 0 Å². The maximum Gasteiger partial charge on any atom is 0.333 e. The van der Waals surface area contributed by atoms with E-state index in [1.165, 1.54) is 26.7 Å². The second kappa shape index (κ2) is 8.36. The van der Waals surface area contributed by atoms with Crippen molar-refractivity contribution in [3.05, 3.63) is 48.9 Å². The fourth-order valence-corrected chi connectivity index (χ4v) is 1.07. The lowest BCUT2D eigenvalue weighted by Gasteiger charge is -2.02. The Morgan fingerprint density at radius 1 is 0.800 bits per heavy atom. The molecule has 0 spiro atoms. The van der Waals surface area contributed by atoms with E-state index < -0.39 is 11.9 Å². The van der Waals surface area contributed by atoms with Gasteiger partial charge in [0.15, 0.2) is 0 Å². The highest BCUT2D eigenvalue weighted by molar-refractivity contribution is 5.81. The predicted octanol–water partition coefficient (Wildman–Crippen LogP) is 1.82. The first-order valence-corrected chi connectivity index (χ1v) is 5.58. The topological polar surface area (TPSA) is 71.1 Å². The summed E-state index contributed by atoms with van der Waals surface area (Å²) in [5.41, 5.74) is 0. The summed E-state index contributed by atoms with van der Waals surface area (Å²) in [5, 5.41) is 0. The monoisotopic (exact) mass is 278 g/mol. The second-order valence-corrected chi connectivity index (χ2v) is 3.36. The minimum absolute atomic E-state index is 0.502. The SMILES string of the molecule is COC(=O)/C=C/Oc1ccc(O/C=C/C(=O)OC)cc1. The van der Waals surface area contributed by atoms with Crippen LogP contribution in [0.25, 0.3) is 0 Å². The van der Waals surface area contributed by atoms with Crippen LogP contribution in [0.3, 0.4) is 0 Å². The molecule has 6 nitrogen and oxygen atoms in total. The fourth-order valence-electron chi connectivity index (χ4n) is 1.07. The zero-order chi connectivity index (χ0) is 14.8. The summed E-state index contributed by atoms with van der Waals surface area (Å²) >= 11 is 0. The van der Waals surface area contributed by atoms with E-state index >= 15 is 0 Å². The number of methoxy groups -OCH3 is 2. The van der Waals surface area contributed by atoms with Gasteiger partial charge in [-0.1, -0.05) is 0 Å². The molecule has 0 radical (unpaired) electrons. The minimum atomic E-state index is -0.502. The molecule has 0 aliphatic rings. The Morgan fingerprint density at radius 3 is 1.45 bits per heavy atom. The van der Waals surface area contributed by atoms with E-state index in [9.17, 15) is 9.59 Å². The van der Waals surface area contributed by atoms with Gasteiger partial charge < -0.3 is 18.9 Å². The molecule has 0 saturated heterocycles.